The van der Waals surface area contributed by atoms with E-state index in [1.807, 2.05) is 74.1 Å². The Labute approximate surface area is 262 Å². The summed E-state index contributed by atoms with van der Waals surface area (Å²) >= 11 is 0. The van der Waals surface area contributed by atoms with E-state index in [1.54, 1.807) is 12.3 Å². The Hall–Kier alpha value is -4.13. The average Bonchev–Trinajstić information content (AvgIpc) is 3.72. The van der Waals surface area contributed by atoms with Crippen LogP contribution in [0.3, 0.4) is 0 Å². The van der Waals surface area contributed by atoms with Crippen LogP contribution >= 0.6 is 0 Å². The van der Waals surface area contributed by atoms with Crippen LogP contribution in [-0.4, -0.2) is 95.4 Å². The molecule has 1 saturated heterocycles. The molecule has 240 valence electrons. The number of carbonyl (C=O) groups is 1. The molecule has 0 bridgehead atoms. The van der Waals surface area contributed by atoms with Crippen LogP contribution < -0.4 is 10.1 Å². The van der Waals surface area contributed by atoms with E-state index in [2.05, 4.69) is 20.4 Å². The first kappa shape index (κ1) is 32.3. The lowest BCUT2D eigenvalue weighted by atomic mass is 9.96. The molecule has 2 aromatic heterocycles. The first-order valence-corrected chi connectivity index (χ1v) is 15.2. The molecule has 10 nitrogen and oxygen atoms in total. The van der Waals surface area contributed by atoms with Crippen molar-refractivity contribution in [3.8, 4) is 28.0 Å². The maximum absolute atomic E-state index is 13.5. The van der Waals surface area contributed by atoms with Crippen molar-refractivity contribution in [3.05, 3.63) is 77.9 Å². The number of nitrogens with zero attached hydrogens (tertiary/aromatic N) is 6. The van der Waals surface area contributed by atoms with Crippen molar-refractivity contribution in [1.82, 2.24) is 34.7 Å². The van der Waals surface area contributed by atoms with E-state index in [1.165, 1.54) is 12.4 Å². The molecule has 1 fully saturated rings. The number of hydrogen-bond donors (Lipinski definition) is 1. The minimum Gasteiger partial charge on any atom is -0.492 e. The molecule has 4 aromatic rings. The number of benzene rings is 2. The summed E-state index contributed by atoms with van der Waals surface area (Å²) < 4.78 is 40.5. The molecule has 1 aliphatic rings. The largest absolute Gasteiger partial charge is 0.492 e. The minimum absolute atomic E-state index is 0.230. The normalized spacial score (nSPS) is 14.7. The van der Waals surface area contributed by atoms with E-state index >= 15 is 0 Å². The molecule has 0 radical (unpaired) electrons. The summed E-state index contributed by atoms with van der Waals surface area (Å²) in [5.41, 5.74) is 5.19. The molecule has 3 heterocycles. The fourth-order valence-electron chi connectivity index (χ4n) is 5.17. The molecule has 2 aromatic carbocycles. The number of nitrogens with one attached hydrogen (secondary N) is 1. The van der Waals surface area contributed by atoms with Crippen molar-refractivity contribution in [2.24, 2.45) is 0 Å². The van der Waals surface area contributed by atoms with Crippen molar-refractivity contribution in [3.63, 3.8) is 0 Å². The van der Waals surface area contributed by atoms with Crippen LogP contribution in [-0.2, 0) is 11.3 Å². The summed E-state index contributed by atoms with van der Waals surface area (Å²) in [6.45, 7) is 7.22. The third-order valence-electron chi connectivity index (χ3n) is 7.91. The first-order chi connectivity index (χ1) is 21.7. The number of halogens is 2. The van der Waals surface area contributed by atoms with Gasteiger partial charge in [0.05, 0.1) is 38.2 Å². The van der Waals surface area contributed by atoms with Gasteiger partial charge < -0.3 is 19.7 Å². The Balaban J connectivity index is 1.38. The van der Waals surface area contributed by atoms with E-state index in [9.17, 15) is 13.6 Å². The lowest BCUT2D eigenvalue weighted by molar-refractivity contribution is 0.0360. The van der Waals surface area contributed by atoms with Crippen LogP contribution in [0.25, 0.3) is 22.3 Å². The standard InChI is InChI=1S/C33H41F2N7O3/c1-23-5-6-30(45-14-9-39(3)4)18-31(23)32(43)38-24(2)25-15-26(17-27(16-25)29-20-37-42(22-29)33(34)35)28-19-36-41(21-28)8-7-40-10-12-44-13-11-40/h5-6,15-22,24,33H,7-14H2,1-4H3,(H,38,43)/t24-/m1/s1. The lowest BCUT2D eigenvalue weighted by Gasteiger charge is -2.26. The number of carbonyl (C=O) groups excluding carboxylic acids is 1. The molecule has 0 aliphatic carbocycles. The van der Waals surface area contributed by atoms with Gasteiger partial charge >= 0.3 is 6.55 Å². The number of alkyl halides is 2. The number of hydrogen-bond acceptors (Lipinski definition) is 7. The van der Waals surface area contributed by atoms with Gasteiger partial charge in [0.15, 0.2) is 0 Å². The maximum atomic E-state index is 13.5. The predicted molar refractivity (Wildman–Crippen MR) is 169 cm³/mol. The van der Waals surface area contributed by atoms with Gasteiger partial charge in [-0.1, -0.05) is 6.07 Å². The fraction of sp³-hybridized carbons (Fsp3) is 0.424. The van der Waals surface area contributed by atoms with Crippen molar-refractivity contribution < 1.29 is 23.0 Å². The van der Waals surface area contributed by atoms with Gasteiger partial charge in [-0.05, 0) is 80.5 Å². The van der Waals surface area contributed by atoms with E-state index in [-0.39, 0.29) is 5.91 Å². The number of morpholine rings is 1. The molecule has 1 N–H and O–H groups in total. The summed E-state index contributed by atoms with van der Waals surface area (Å²) in [5, 5.41) is 11.5. The monoisotopic (exact) mass is 621 g/mol. The zero-order valence-electron chi connectivity index (χ0n) is 26.2. The Kier molecular flexibility index (Phi) is 10.6. The molecule has 0 saturated carbocycles. The van der Waals surface area contributed by atoms with Gasteiger partial charge in [-0.25, -0.2) is 4.68 Å². The Bertz CT molecular complexity index is 1580. The Morgan fingerprint density at radius 3 is 2.40 bits per heavy atom. The second-order valence-electron chi connectivity index (χ2n) is 11.6. The Morgan fingerprint density at radius 1 is 1.00 bits per heavy atom. The van der Waals surface area contributed by atoms with Crippen LogP contribution in [0.2, 0.25) is 0 Å². The van der Waals surface area contributed by atoms with Crippen molar-refractivity contribution in [2.45, 2.75) is 33.0 Å². The third kappa shape index (κ3) is 8.53. The molecule has 1 amide bonds. The van der Waals surface area contributed by atoms with E-state index in [0.717, 1.165) is 68.2 Å². The van der Waals surface area contributed by atoms with E-state index in [0.29, 0.717) is 33.7 Å². The molecular formula is C33H41F2N7O3. The van der Waals surface area contributed by atoms with Crippen LogP contribution in [0, 0.1) is 6.92 Å². The SMILES string of the molecule is Cc1ccc(OCCN(C)C)cc1C(=O)N[C@H](C)c1cc(-c2cnn(CCN3CCOCC3)c2)cc(-c2cnn(C(F)F)c2)c1. The van der Waals surface area contributed by atoms with Crippen molar-refractivity contribution in [2.75, 3.05) is 60.1 Å². The molecule has 5 rings (SSSR count). The van der Waals surface area contributed by atoms with Crippen molar-refractivity contribution >= 4 is 5.91 Å². The number of aromatic nitrogens is 4. The van der Waals surface area contributed by atoms with Gasteiger partial charge in [-0.15, -0.1) is 0 Å². The first-order valence-electron chi connectivity index (χ1n) is 15.2. The van der Waals surface area contributed by atoms with E-state index < -0.39 is 12.6 Å². The second-order valence-corrected chi connectivity index (χ2v) is 11.6. The topological polar surface area (TPSA) is 89.7 Å². The van der Waals surface area contributed by atoms with Crippen LogP contribution in [0.5, 0.6) is 5.75 Å². The van der Waals surface area contributed by atoms with Gasteiger partial charge in [-0.2, -0.15) is 19.0 Å². The summed E-state index contributed by atoms with van der Waals surface area (Å²) in [5.74, 6) is 0.401. The van der Waals surface area contributed by atoms with Crippen LogP contribution in [0.15, 0.2) is 61.2 Å². The zero-order chi connectivity index (χ0) is 31.9. The highest BCUT2D eigenvalue weighted by molar-refractivity contribution is 5.96. The quantitative estimate of drug-likeness (QED) is 0.228. The maximum Gasteiger partial charge on any atom is 0.333 e. The van der Waals surface area contributed by atoms with Gasteiger partial charge in [0.25, 0.3) is 5.91 Å². The second kappa shape index (κ2) is 14.8. The summed E-state index contributed by atoms with van der Waals surface area (Å²) in [6, 6.07) is 10.9. The molecule has 45 heavy (non-hydrogen) atoms. The highest BCUT2D eigenvalue weighted by atomic mass is 19.3. The number of amides is 1. The van der Waals surface area contributed by atoms with Gasteiger partial charge in [0.2, 0.25) is 0 Å². The molecule has 0 unspecified atom stereocenters. The average molecular weight is 622 g/mol. The predicted octanol–water partition coefficient (Wildman–Crippen LogP) is 4.88. The zero-order valence-corrected chi connectivity index (χ0v) is 26.2. The molecule has 12 heteroatoms. The number of aryl methyl sites for hydroxylation is 1. The molecule has 1 aliphatic heterocycles. The van der Waals surface area contributed by atoms with Gasteiger partial charge in [-0.3, -0.25) is 14.4 Å². The summed E-state index contributed by atoms with van der Waals surface area (Å²) in [7, 11) is 3.95. The highest BCUT2D eigenvalue weighted by Gasteiger charge is 2.18. The van der Waals surface area contributed by atoms with Crippen LogP contribution in [0.1, 0.15) is 41.0 Å². The van der Waals surface area contributed by atoms with Crippen LogP contribution in [0.4, 0.5) is 8.78 Å². The fourth-order valence-corrected chi connectivity index (χ4v) is 5.17. The van der Waals surface area contributed by atoms with Gasteiger partial charge in [0.1, 0.15) is 12.4 Å². The number of likely N-dealkylation sites (N-methyl/N-ethyl adjacent to an activating group) is 1. The highest BCUT2D eigenvalue weighted by Crippen LogP contribution is 2.31. The van der Waals surface area contributed by atoms with Crippen molar-refractivity contribution in [1.29, 1.82) is 0 Å². The third-order valence-corrected chi connectivity index (χ3v) is 7.91. The summed E-state index contributed by atoms with van der Waals surface area (Å²) in [6.07, 6.45) is 6.54. The van der Waals surface area contributed by atoms with Gasteiger partial charge in [0, 0.05) is 55.3 Å². The Morgan fingerprint density at radius 2 is 1.71 bits per heavy atom. The number of ether oxygens (including phenoxy) is 2. The summed E-state index contributed by atoms with van der Waals surface area (Å²) in [4.78, 5) is 17.9. The molecule has 1 atom stereocenters. The number of rotatable bonds is 13. The lowest BCUT2D eigenvalue weighted by Crippen LogP contribution is -2.38. The molecular weight excluding hydrogens is 580 g/mol. The van der Waals surface area contributed by atoms with E-state index in [4.69, 9.17) is 9.47 Å². The smallest absolute Gasteiger partial charge is 0.333 e. The molecule has 0 spiro atoms. The minimum atomic E-state index is -2.74.